The number of carbonyl (C=O) groups is 1. The molecule has 0 atom stereocenters. The maximum absolute atomic E-state index is 12.3. The predicted octanol–water partition coefficient (Wildman–Crippen LogP) is 3.53. The summed E-state index contributed by atoms with van der Waals surface area (Å²) in [4.78, 5) is 22.5. The van der Waals surface area contributed by atoms with Crippen LogP contribution >= 0.6 is 0 Å². The first-order valence-corrected chi connectivity index (χ1v) is 8.19. The maximum atomic E-state index is 12.3. The Hall–Kier alpha value is -3.09. The van der Waals surface area contributed by atoms with Crippen LogP contribution in [0.5, 0.6) is 5.75 Å². The van der Waals surface area contributed by atoms with Crippen LogP contribution in [0.1, 0.15) is 12.8 Å². The average Bonchev–Trinajstić information content (AvgIpc) is 3.32. The molecule has 7 heteroatoms. The van der Waals surface area contributed by atoms with E-state index in [0.717, 1.165) is 37.2 Å². The van der Waals surface area contributed by atoms with Crippen LogP contribution in [0.25, 0.3) is 22.4 Å². The summed E-state index contributed by atoms with van der Waals surface area (Å²) >= 11 is 0. The Morgan fingerprint density at radius 1 is 1.20 bits per heavy atom. The van der Waals surface area contributed by atoms with Crippen molar-refractivity contribution < 1.29 is 13.9 Å². The molecule has 0 unspecified atom stereocenters. The van der Waals surface area contributed by atoms with Gasteiger partial charge in [-0.15, -0.1) is 0 Å². The standard InChI is InChI=1S/C18H18N4O3/c1-24-13-6-4-12(5-7-13)15-10-14-16(19-11-20-17(14)25-15)21-18(23)22-8-2-3-9-22/h4-7,10-11H,2-3,8-9H2,1H3,(H,19,20,21,23). The van der Waals surface area contributed by atoms with Gasteiger partial charge in [-0.1, -0.05) is 0 Å². The Morgan fingerprint density at radius 2 is 1.96 bits per heavy atom. The highest BCUT2D eigenvalue weighted by Gasteiger charge is 2.20. The predicted molar refractivity (Wildman–Crippen MR) is 93.6 cm³/mol. The Labute approximate surface area is 144 Å². The third kappa shape index (κ3) is 3.00. The van der Waals surface area contributed by atoms with Gasteiger partial charge < -0.3 is 14.1 Å². The van der Waals surface area contributed by atoms with Gasteiger partial charge in [0.05, 0.1) is 12.5 Å². The lowest BCUT2D eigenvalue weighted by Crippen LogP contribution is -2.32. The number of furan rings is 1. The van der Waals surface area contributed by atoms with Gasteiger partial charge in [0.25, 0.3) is 0 Å². The number of hydrogen-bond acceptors (Lipinski definition) is 5. The second-order valence-electron chi connectivity index (χ2n) is 5.90. The second-order valence-corrected chi connectivity index (χ2v) is 5.90. The summed E-state index contributed by atoms with van der Waals surface area (Å²) in [7, 11) is 1.63. The van der Waals surface area contributed by atoms with E-state index in [0.29, 0.717) is 22.7 Å². The van der Waals surface area contributed by atoms with Crippen molar-refractivity contribution in [3.63, 3.8) is 0 Å². The summed E-state index contributed by atoms with van der Waals surface area (Å²) in [5.41, 5.74) is 1.34. The number of ether oxygens (including phenoxy) is 1. The highest BCUT2D eigenvalue weighted by Crippen LogP contribution is 2.31. The first-order chi connectivity index (χ1) is 12.2. The van der Waals surface area contributed by atoms with Crippen molar-refractivity contribution in [2.24, 2.45) is 0 Å². The summed E-state index contributed by atoms with van der Waals surface area (Å²) in [6.07, 6.45) is 3.48. The highest BCUT2D eigenvalue weighted by atomic mass is 16.5. The Bertz CT molecular complexity index is 898. The zero-order valence-electron chi connectivity index (χ0n) is 13.9. The lowest BCUT2D eigenvalue weighted by molar-refractivity contribution is 0.222. The number of rotatable bonds is 3. The number of fused-ring (bicyclic) bond motifs is 1. The quantitative estimate of drug-likeness (QED) is 0.790. The van der Waals surface area contributed by atoms with Gasteiger partial charge in [0.1, 0.15) is 23.7 Å². The fourth-order valence-corrected chi connectivity index (χ4v) is 2.95. The van der Waals surface area contributed by atoms with E-state index in [1.165, 1.54) is 6.33 Å². The minimum atomic E-state index is -0.135. The van der Waals surface area contributed by atoms with E-state index in [-0.39, 0.29) is 6.03 Å². The summed E-state index contributed by atoms with van der Waals surface area (Å²) in [5, 5.41) is 3.55. The lowest BCUT2D eigenvalue weighted by Gasteiger charge is -2.15. The van der Waals surface area contributed by atoms with E-state index >= 15 is 0 Å². The largest absolute Gasteiger partial charge is 0.497 e. The minimum Gasteiger partial charge on any atom is -0.497 e. The number of nitrogens with zero attached hydrogens (tertiary/aromatic N) is 3. The zero-order valence-corrected chi connectivity index (χ0v) is 13.9. The van der Waals surface area contributed by atoms with E-state index in [1.54, 1.807) is 12.0 Å². The average molecular weight is 338 g/mol. The van der Waals surface area contributed by atoms with E-state index in [1.807, 2.05) is 30.3 Å². The van der Waals surface area contributed by atoms with Crippen molar-refractivity contribution >= 4 is 22.9 Å². The Balaban J connectivity index is 1.64. The minimum absolute atomic E-state index is 0.135. The molecule has 0 aliphatic carbocycles. The molecule has 1 aliphatic heterocycles. The first-order valence-electron chi connectivity index (χ1n) is 8.19. The van der Waals surface area contributed by atoms with E-state index in [9.17, 15) is 4.79 Å². The third-order valence-electron chi connectivity index (χ3n) is 4.32. The normalized spacial score (nSPS) is 14.0. The van der Waals surface area contributed by atoms with Crippen molar-refractivity contribution in [2.45, 2.75) is 12.8 Å². The van der Waals surface area contributed by atoms with E-state index < -0.39 is 0 Å². The van der Waals surface area contributed by atoms with Gasteiger partial charge in [-0.05, 0) is 43.2 Å². The molecule has 1 fully saturated rings. The molecule has 3 heterocycles. The molecule has 2 amide bonds. The van der Waals surface area contributed by atoms with Gasteiger partial charge >= 0.3 is 6.03 Å². The van der Waals surface area contributed by atoms with Crippen LogP contribution in [0.15, 0.2) is 41.1 Å². The summed E-state index contributed by atoms with van der Waals surface area (Å²) < 4.78 is 11.0. The van der Waals surface area contributed by atoms with Crippen LogP contribution in [0.2, 0.25) is 0 Å². The number of urea groups is 1. The van der Waals surface area contributed by atoms with Crippen LogP contribution in [0.4, 0.5) is 10.6 Å². The summed E-state index contributed by atoms with van der Waals surface area (Å²) in [5.74, 6) is 1.90. The SMILES string of the molecule is COc1ccc(-c2cc3c(NC(=O)N4CCCC4)ncnc3o2)cc1. The Kier molecular flexibility index (Phi) is 3.97. The van der Waals surface area contributed by atoms with Crippen molar-refractivity contribution in [3.05, 3.63) is 36.7 Å². The highest BCUT2D eigenvalue weighted by molar-refractivity contribution is 5.98. The molecule has 0 saturated carbocycles. The number of likely N-dealkylation sites (tertiary alicyclic amines) is 1. The number of benzene rings is 1. The van der Waals surface area contributed by atoms with Crippen LogP contribution in [-0.4, -0.2) is 41.1 Å². The molecule has 1 N–H and O–H groups in total. The van der Waals surface area contributed by atoms with E-state index in [2.05, 4.69) is 15.3 Å². The van der Waals surface area contributed by atoms with E-state index in [4.69, 9.17) is 9.15 Å². The van der Waals surface area contributed by atoms with Crippen LogP contribution in [-0.2, 0) is 0 Å². The van der Waals surface area contributed by atoms with Crippen LogP contribution in [0, 0.1) is 0 Å². The fourth-order valence-electron chi connectivity index (χ4n) is 2.95. The molecule has 1 aliphatic rings. The number of methoxy groups -OCH3 is 1. The van der Waals surface area contributed by atoms with Gasteiger partial charge in [0.2, 0.25) is 5.71 Å². The molecule has 0 radical (unpaired) electrons. The van der Waals surface area contributed by atoms with Gasteiger partial charge in [-0.3, -0.25) is 5.32 Å². The van der Waals surface area contributed by atoms with Crippen molar-refractivity contribution in [1.82, 2.24) is 14.9 Å². The number of carbonyl (C=O) groups excluding carboxylic acids is 1. The summed E-state index contributed by atoms with van der Waals surface area (Å²) in [6.45, 7) is 1.56. The molecule has 25 heavy (non-hydrogen) atoms. The lowest BCUT2D eigenvalue weighted by atomic mass is 10.1. The van der Waals surface area contributed by atoms with Crippen molar-refractivity contribution in [2.75, 3.05) is 25.5 Å². The molecule has 7 nitrogen and oxygen atoms in total. The number of hydrogen-bond donors (Lipinski definition) is 1. The monoisotopic (exact) mass is 338 g/mol. The molecule has 128 valence electrons. The number of anilines is 1. The molecule has 0 spiro atoms. The molecular weight excluding hydrogens is 320 g/mol. The van der Waals surface area contributed by atoms with Crippen LogP contribution in [0.3, 0.4) is 0 Å². The van der Waals surface area contributed by atoms with Gasteiger partial charge in [0.15, 0.2) is 0 Å². The number of amides is 2. The first kappa shape index (κ1) is 15.4. The fraction of sp³-hybridized carbons (Fsp3) is 0.278. The molecule has 1 aromatic carbocycles. The van der Waals surface area contributed by atoms with Gasteiger partial charge in [-0.25, -0.2) is 14.8 Å². The third-order valence-corrected chi connectivity index (χ3v) is 4.32. The molecular formula is C18H18N4O3. The topological polar surface area (TPSA) is 80.5 Å². The van der Waals surface area contributed by atoms with Gasteiger partial charge in [0, 0.05) is 18.7 Å². The van der Waals surface area contributed by atoms with Crippen molar-refractivity contribution in [1.29, 1.82) is 0 Å². The maximum Gasteiger partial charge on any atom is 0.323 e. The Morgan fingerprint density at radius 3 is 2.68 bits per heavy atom. The number of aromatic nitrogens is 2. The second kappa shape index (κ2) is 6.43. The van der Waals surface area contributed by atoms with Crippen molar-refractivity contribution in [3.8, 4) is 17.1 Å². The molecule has 1 saturated heterocycles. The zero-order chi connectivity index (χ0) is 17.2. The molecule has 3 aromatic rings. The molecule has 2 aromatic heterocycles. The molecule has 4 rings (SSSR count). The van der Waals surface area contributed by atoms with Gasteiger partial charge in [-0.2, -0.15) is 0 Å². The van der Waals surface area contributed by atoms with Crippen LogP contribution < -0.4 is 10.1 Å². The molecule has 0 bridgehead atoms. The summed E-state index contributed by atoms with van der Waals surface area (Å²) in [6, 6.07) is 9.26. The number of nitrogens with one attached hydrogen (secondary N) is 1. The smallest absolute Gasteiger partial charge is 0.323 e.